The van der Waals surface area contributed by atoms with Crippen molar-refractivity contribution < 1.29 is 9.59 Å². The summed E-state index contributed by atoms with van der Waals surface area (Å²) in [6.45, 7) is 10.2. The summed E-state index contributed by atoms with van der Waals surface area (Å²) in [4.78, 5) is 30.2. The zero-order valence-corrected chi connectivity index (χ0v) is 21.7. The van der Waals surface area contributed by atoms with Crippen LogP contribution in [0.1, 0.15) is 62.6 Å². The van der Waals surface area contributed by atoms with Gasteiger partial charge in [0, 0.05) is 36.1 Å². The minimum Gasteiger partial charge on any atom is -0.341 e. The van der Waals surface area contributed by atoms with Crippen molar-refractivity contribution in [3.63, 3.8) is 0 Å². The molecule has 1 atom stereocenters. The number of fused-ring (bicyclic) bond motifs is 1. The van der Waals surface area contributed by atoms with Crippen molar-refractivity contribution in [2.45, 2.75) is 51.2 Å². The van der Waals surface area contributed by atoms with E-state index >= 15 is 0 Å². The van der Waals surface area contributed by atoms with Gasteiger partial charge in [0.25, 0.3) is 0 Å². The molecule has 2 aliphatic heterocycles. The first-order valence-electron chi connectivity index (χ1n) is 11.6. The van der Waals surface area contributed by atoms with Crippen LogP contribution in [0.2, 0.25) is 5.02 Å². The van der Waals surface area contributed by atoms with Crippen molar-refractivity contribution in [2.75, 3.05) is 30.3 Å². The lowest BCUT2D eigenvalue weighted by Crippen LogP contribution is -2.46. The van der Waals surface area contributed by atoms with E-state index in [4.69, 9.17) is 16.7 Å². The van der Waals surface area contributed by atoms with Gasteiger partial charge in [-0.3, -0.25) is 19.2 Å². The van der Waals surface area contributed by atoms with E-state index in [1.165, 1.54) is 0 Å². The summed E-state index contributed by atoms with van der Waals surface area (Å²) in [7, 11) is 1.87. The third-order valence-electron chi connectivity index (χ3n) is 6.54. The molecule has 0 bridgehead atoms. The Balaban J connectivity index is 1.78. The molecule has 2 aromatic rings. The molecule has 1 saturated heterocycles. The second-order valence-electron chi connectivity index (χ2n) is 10.2. The number of carbonyl (C=O) groups excluding carboxylic acids is 2. The molecule has 6 nitrogen and oxygen atoms in total. The number of nitrogens with zero attached hydrogens (tertiary/aromatic N) is 4. The van der Waals surface area contributed by atoms with Gasteiger partial charge in [0.05, 0.1) is 16.7 Å². The summed E-state index contributed by atoms with van der Waals surface area (Å²) >= 11 is 7.91. The summed E-state index contributed by atoms with van der Waals surface area (Å²) in [5.74, 6) is 1.60. The number of likely N-dealkylation sites (tertiary alicyclic amines) is 1. The number of benzene rings is 1. The molecule has 1 fully saturated rings. The van der Waals surface area contributed by atoms with Gasteiger partial charge in [-0.05, 0) is 36.5 Å². The molecule has 0 radical (unpaired) electrons. The molecule has 1 aromatic carbocycles. The Hall–Kier alpha value is -1.99. The van der Waals surface area contributed by atoms with E-state index in [9.17, 15) is 9.59 Å². The van der Waals surface area contributed by atoms with Gasteiger partial charge in [-0.1, -0.05) is 51.4 Å². The Labute approximate surface area is 205 Å². The number of halogens is 1. The number of aromatic nitrogens is 2. The van der Waals surface area contributed by atoms with Crippen LogP contribution in [0, 0.1) is 5.92 Å². The van der Waals surface area contributed by atoms with Crippen molar-refractivity contribution in [1.82, 2.24) is 14.7 Å². The Bertz CT molecular complexity index is 1050. The maximum Gasteiger partial charge on any atom is 0.242 e. The van der Waals surface area contributed by atoms with Crippen LogP contribution < -0.4 is 4.90 Å². The number of hydrogen-bond donors (Lipinski definition) is 0. The van der Waals surface area contributed by atoms with Gasteiger partial charge in [-0.2, -0.15) is 5.10 Å². The number of piperidine rings is 1. The molecule has 8 heteroatoms. The van der Waals surface area contributed by atoms with Crippen molar-refractivity contribution in [1.29, 1.82) is 0 Å². The van der Waals surface area contributed by atoms with Crippen LogP contribution in [0.5, 0.6) is 0 Å². The molecule has 0 unspecified atom stereocenters. The number of amides is 2. The number of hydrogen-bond acceptors (Lipinski definition) is 4. The highest BCUT2D eigenvalue weighted by molar-refractivity contribution is 8.00. The topological polar surface area (TPSA) is 58.4 Å². The second-order valence-corrected chi connectivity index (χ2v) is 11.8. The van der Waals surface area contributed by atoms with Gasteiger partial charge in [-0.25, -0.2) is 0 Å². The summed E-state index contributed by atoms with van der Waals surface area (Å²) in [5, 5.41) is 5.44. The zero-order valence-electron chi connectivity index (χ0n) is 20.1. The van der Waals surface area contributed by atoms with E-state index in [0.29, 0.717) is 16.7 Å². The van der Waals surface area contributed by atoms with Gasteiger partial charge in [-0.15, -0.1) is 11.8 Å². The molecule has 0 aliphatic carbocycles. The minimum atomic E-state index is -0.227. The minimum absolute atomic E-state index is 0.00548. The molecule has 178 valence electrons. The van der Waals surface area contributed by atoms with Gasteiger partial charge in [0.2, 0.25) is 11.8 Å². The van der Waals surface area contributed by atoms with Gasteiger partial charge in [0.15, 0.2) is 0 Å². The van der Waals surface area contributed by atoms with Crippen LogP contribution in [0.25, 0.3) is 0 Å². The normalized spacial score (nSPS) is 20.1. The maximum atomic E-state index is 13.4. The molecule has 0 spiro atoms. The summed E-state index contributed by atoms with van der Waals surface area (Å²) in [6.07, 6.45) is 2.02. The van der Waals surface area contributed by atoms with Crippen LogP contribution in [0.3, 0.4) is 0 Å². The first-order valence-corrected chi connectivity index (χ1v) is 13.0. The molecule has 33 heavy (non-hydrogen) atoms. The summed E-state index contributed by atoms with van der Waals surface area (Å²) in [6, 6.07) is 7.81. The van der Waals surface area contributed by atoms with Crippen LogP contribution in [0.4, 0.5) is 5.82 Å². The third kappa shape index (κ3) is 4.94. The number of aryl methyl sites for hydroxylation is 1. The van der Waals surface area contributed by atoms with E-state index in [-0.39, 0.29) is 29.0 Å². The lowest BCUT2D eigenvalue weighted by Gasteiger charge is -2.32. The van der Waals surface area contributed by atoms with Crippen LogP contribution >= 0.6 is 23.4 Å². The monoisotopic (exact) mass is 488 g/mol. The summed E-state index contributed by atoms with van der Waals surface area (Å²) < 4.78 is 1.78. The van der Waals surface area contributed by atoms with E-state index in [1.54, 1.807) is 21.3 Å². The molecular weight excluding hydrogens is 456 g/mol. The predicted octanol–water partition coefficient (Wildman–Crippen LogP) is 4.80. The van der Waals surface area contributed by atoms with Gasteiger partial charge < -0.3 is 4.90 Å². The Morgan fingerprint density at radius 2 is 1.94 bits per heavy atom. The highest BCUT2D eigenvalue weighted by Gasteiger charge is 2.39. The average Bonchev–Trinajstić information content (AvgIpc) is 3.02. The van der Waals surface area contributed by atoms with Gasteiger partial charge in [0.1, 0.15) is 12.4 Å². The van der Waals surface area contributed by atoms with Crippen molar-refractivity contribution in [2.24, 2.45) is 13.0 Å². The summed E-state index contributed by atoms with van der Waals surface area (Å²) in [5.41, 5.74) is 2.76. The third-order valence-corrected chi connectivity index (χ3v) is 8.03. The molecule has 0 N–H and O–H groups in total. The Kier molecular flexibility index (Phi) is 6.83. The predicted molar refractivity (Wildman–Crippen MR) is 135 cm³/mol. The average molecular weight is 489 g/mol. The molecule has 1 aromatic heterocycles. The van der Waals surface area contributed by atoms with E-state index in [2.05, 4.69) is 27.7 Å². The van der Waals surface area contributed by atoms with Crippen LogP contribution in [-0.4, -0.2) is 51.9 Å². The highest BCUT2D eigenvalue weighted by Crippen LogP contribution is 2.47. The molecular formula is C25H33ClN4O2S. The highest BCUT2D eigenvalue weighted by atomic mass is 35.5. The fraction of sp³-hybridized carbons (Fsp3) is 0.560. The number of rotatable bonds is 3. The molecule has 3 heterocycles. The zero-order chi connectivity index (χ0) is 23.9. The van der Waals surface area contributed by atoms with E-state index in [1.807, 2.05) is 36.2 Å². The second kappa shape index (κ2) is 9.34. The fourth-order valence-corrected chi connectivity index (χ4v) is 6.06. The molecule has 2 aliphatic rings. The number of thioether (sulfide) groups is 1. The SMILES string of the molecule is CC1CCN(C(=O)CN2C(=O)CS[C@H](c3cccc(Cl)c3)c3c(C(C)(C)C)nn(C)c32)CC1. The van der Waals surface area contributed by atoms with Crippen LogP contribution in [-0.2, 0) is 22.1 Å². The number of carbonyl (C=O) groups is 2. The fourth-order valence-electron chi connectivity index (χ4n) is 4.67. The van der Waals surface area contributed by atoms with Crippen LogP contribution in [0.15, 0.2) is 24.3 Å². The lowest BCUT2D eigenvalue weighted by atomic mass is 9.87. The van der Waals surface area contributed by atoms with E-state index in [0.717, 1.165) is 48.6 Å². The molecule has 0 saturated carbocycles. The molecule has 4 rings (SSSR count). The first-order chi connectivity index (χ1) is 15.6. The van der Waals surface area contributed by atoms with E-state index < -0.39 is 0 Å². The smallest absolute Gasteiger partial charge is 0.242 e. The number of anilines is 1. The Morgan fingerprint density at radius 3 is 2.58 bits per heavy atom. The first kappa shape index (κ1) is 24.1. The van der Waals surface area contributed by atoms with Crippen molar-refractivity contribution >= 4 is 41.0 Å². The lowest BCUT2D eigenvalue weighted by molar-refractivity contribution is -0.132. The Morgan fingerprint density at radius 1 is 1.24 bits per heavy atom. The maximum absolute atomic E-state index is 13.4. The van der Waals surface area contributed by atoms with Crippen molar-refractivity contribution in [3.05, 3.63) is 46.1 Å². The van der Waals surface area contributed by atoms with Gasteiger partial charge >= 0.3 is 0 Å². The standard InChI is InChI=1S/C25H33ClN4O2S/c1-16-9-11-29(12-10-16)19(31)14-30-20(32)15-33-22(17-7-6-8-18(26)13-17)21-23(25(2,3)4)27-28(5)24(21)30/h6-8,13,16,22H,9-12,14-15H2,1-5H3/t22-/m1/s1. The quantitative estimate of drug-likeness (QED) is 0.622. The largest absolute Gasteiger partial charge is 0.341 e. The molecule has 2 amide bonds. The van der Waals surface area contributed by atoms with Crippen molar-refractivity contribution in [3.8, 4) is 0 Å².